The van der Waals surface area contributed by atoms with Gasteiger partial charge in [-0.25, -0.2) is 4.98 Å². The predicted octanol–water partition coefficient (Wildman–Crippen LogP) is 3.53. The number of likely N-dealkylation sites (N-methyl/N-ethyl adjacent to an activating group) is 1. The zero-order valence-corrected chi connectivity index (χ0v) is 13.2. The minimum absolute atomic E-state index is 0.706. The van der Waals surface area contributed by atoms with Crippen LogP contribution in [0.4, 0.5) is 0 Å². The number of aryl methyl sites for hydroxylation is 1. The maximum Gasteiger partial charge on any atom is 0.122 e. The molecule has 0 fully saturated rings. The van der Waals surface area contributed by atoms with Crippen molar-refractivity contribution in [2.75, 3.05) is 20.2 Å². The lowest BCUT2D eigenvalue weighted by molar-refractivity contribution is 0.337. The predicted molar refractivity (Wildman–Crippen MR) is 85.7 cm³/mol. The number of benzene rings is 1. The van der Waals surface area contributed by atoms with Crippen LogP contribution in [0.15, 0.2) is 23.6 Å². The third-order valence-electron chi connectivity index (χ3n) is 3.18. The highest BCUT2D eigenvalue weighted by atomic mass is 32.1. The first-order valence-corrected chi connectivity index (χ1v) is 8.01. The third kappa shape index (κ3) is 3.58. The Kier molecular flexibility index (Phi) is 5.56. The van der Waals surface area contributed by atoms with E-state index in [1.807, 2.05) is 14.0 Å². The maximum absolute atomic E-state index is 5.65. The summed E-state index contributed by atoms with van der Waals surface area (Å²) in [5.41, 5.74) is 3.49. The minimum Gasteiger partial charge on any atom is -0.494 e. The fourth-order valence-electron chi connectivity index (χ4n) is 2.10. The first kappa shape index (κ1) is 15.0. The van der Waals surface area contributed by atoms with E-state index >= 15 is 0 Å². The number of nitrogens with zero attached hydrogens (tertiary/aromatic N) is 1. The van der Waals surface area contributed by atoms with Crippen LogP contribution in [0.25, 0.3) is 11.3 Å². The zero-order chi connectivity index (χ0) is 14.4. The average molecular weight is 290 g/mol. The maximum atomic E-state index is 5.65. The summed E-state index contributed by atoms with van der Waals surface area (Å²) in [5.74, 6) is 0.990. The van der Waals surface area contributed by atoms with Gasteiger partial charge in [-0.1, -0.05) is 6.92 Å². The average Bonchev–Trinajstić information content (AvgIpc) is 2.94. The van der Waals surface area contributed by atoms with Crippen LogP contribution in [0.2, 0.25) is 0 Å². The fraction of sp³-hybridized carbons (Fsp3) is 0.438. The van der Waals surface area contributed by atoms with Crippen molar-refractivity contribution in [3.63, 3.8) is 0 Å². The second-order valence-corrected chi connectivity index (χ2v) is 5.53. The van der Waals surface area contributed by atoms with Gasteiger partial charge in [0.2, 0.25) is 0 Å². The summed E-state index contributed by atoms with van der Waals surface area (Å²) in [5, 5.41) is 6.48. The molecule has 0 aliphatic heterocycles. The Hall–Kier alpha value is -1.39. The molecule has 1 N–H and O–H groups in total. The van der Waals surface area contributed by atoms with Crippen LogP contribution >= 0.6 is 11.3 Å². The number of hydrogen-bond donors (Lipinski definition) is 1. The van der Waals surface area contributed by atoms with E-state index in [0.717, 1.165) is 30.8 Å². The van der Waals surface area contributed by atoms with Crippen molar-refractivity contribution in [1.29, 1.82) is 0 Å². The molecule has 1 heterocycles. The summed E-state index contributed by atoms with van der Waals surface area (Å²) in [6.07, 6.45) is 1.96. The molecule has 1 aromatic carbocycles. The van der Waals surface area contributed by atoms with Gasteiger partial charge in [-0.15, -0.1) is 11.3 Å². The van der Waals surface area contributed by atoms with Crippen molar-refractivity contribution < 1.29 is 4.74 Å². The van der Waals surface area contributed by atoms with E-state index in [9.17, 15) is 0 Å². The lowest BCUT2D eigenvalue weighted by Crippen LogP contribution is -2.09. The smallest absolute Gasteiger partial charge is 0.122 e. The zero-order valence-electron chi connectivity index (χ0n) is 12.4. The lowest BCUT2D eigenvalue weighted by atomic mass is 10.1. The minimum atomic E-state index is 0.706. The molecule has 0 saturated carbocycles. The molecule has 0 spiro atoms. The molecular weight excluding hydrogens is 268 g/mol. The quantitative estimate of drug-likeness (QED) is 0.847. The van der Waals surface area contributed by atoms with Gasteiger partial charge in [0.05, 0.1) is 17.3 Å². The first-order valence-electron chi connectivity index (χ1n) is 7.13. The van der Waals surface area contributed by atoms with Crippen LogP contribution in [0, 0.1) is 0 Å². The number of thiazole rings is 1. The molecule has 2 aromatic rings. The van der Waals surface area contributed by atoms with Crippen molar-refractivity contribution >= 4 is 11.3 Å². The summed E-state index contributed by atoms with van der Waals surface area (Å²) in [6, 6.07) is 6.35. The molecule has 0 aliphatic rings. The molecular formula is C16H22N2OS. The van der Waals surface area contributed by atoms with Gasteiger partial charge >= 0.3 is 0 Å². The molecule has 0 amide bonds. The molecule has 0 bridgehead atoms. The molecule has 0 saturated heterocycles. The number of rotatable bonds is 7. The van der Waals surface area contributed by atoms with Crippen LogP contribution in [0.3, 0.4) is 0 Å². The molecule has 0 radical (unpaired) electrons. The van der Waals surface area contributed by atoms with E-state index in [0.29, 0.717) is 6.61 Å². The van der Waals surface area contributed by atoms with Crippen molar-refractivity contribution in [1.82, 2.24) is 10.3 Å². The van der Waals surface area contributed by atoms with Crippen LogP contribution in [-0.2, 0) is 12.8 Å². The highest BCUT2D eigenvalue weighted by molar-refractivity contribution is 7.09. The Balaban J connectivity index is 2.21. The monoisotopic (exact) mass is 290 g/mol. The Morgan fingerprint density at radius 1 is 1.30 bits per heavy atom. The van der Waals surface area contributed by atoms with E-state index in [4.69, 9.17) is 9.72 Å². The standard InChI is InChI=1S/C16H22N2OS/c1-4-12-10-13(6-7-15(12)19-5-2)14-11-20-16(18-14)8-9-17-3/h6-7,10-11,17H,4-5,8-9H2,1-3H3. The van der Waals surface area contributed by atoms with Gasteiger partial charge in [0, 0.05) is 23.9 Å². The first-order chi connectivity index (χ1) is 9.78. The van der Waals surface area contributed by atoms with Gasteiger partial charge in [0.1, 0.15) is 5.75 Å². The Morgan fingerprint density at radius 3 is 2.85 bits per heavy atom. The van der Waals surface area contributed by atoms with E-state index in [-0.39, 0.29) is 0 Å². The number of ether oxygens (including phenoxy) is 1. The summed E-state index contributed by atoms with van der Waals surface area (Å²) in [7, 11) is 1.97. The van der Waals surface area contributed by atoms with Crippen LogP contribution in [0.5, 0.6) is 5.75 Å². The lowest BCUT2D eigenvalue weighted by Gasteiger charge is -2.09. The van der Waals surface area contributed by atoms with Gasteiger partial charge in [0.15, 0.2) is 0 Å². The Bertz CT molecular complexity index is 551. The molecule has 0 unspecified atom stereocenters. The van der Waals surface area contributed by atoms with Gasteiger partial charge in [-0.05, 0) is 44.2 Å². The van der Waals surface area contributed by atoms with Crippen LogP contribution in [-0.4, -0.2) is 25.2 Å². The van der Waals surface area contributed by atoms with Gasteiger partial charge in [0.25, 0.3) is 0 Å². The topological polar surface area (TPSA) is 34.1 Å². The van der Waals surface area contributed by atoms with E-state index in [1.165, 1.54) is 16.1 Å². The fourth-order valence-corrected chi connectivity index (χ4v) is 2.91. The Labute approximate surface area is 125 Å². The van der Waals surface area contributed by atoms with Gasteiger partial charge in [-0.3, -0.25) is 0 Å². The summed E-state index contributed by atoms with van der Waals surface area (Å²) < 4.78 is 5.65. The van der Waals surface area contributed by atoms with Gasteiger partial charge in [-0.2, -0.15) is 0 Å². The van der Waals surface area contributed by atoms with Crippen molar-refractivity contribution in [2.45, 2.75) is 26.7 Å². The molecule has 0 aliphatic carbocycles. The molecule has 20 heavy (non-hydrogen) atoms. The number of aromatic nitrogens is 1. The number of hydrogen-bond acceptors (Lipinski definition) is 4. The number of nitrogens with one attached hydrogen (secondary N) is 1. The molecule has 0 atom stereocenters. The van der Waals surface area contributed by atoms with Crippen LogP contribution in [0.1, 0.15) is 24.4 Å². The normalized spacial score (nSPS) is 10.8. The van der Waals surface area contributed by atoms with Crippen LogP contribution < -0.4 is 10.1 Å². The van der Waals surface area contributed by atoms with Crippen molar-refractivity contribution in [2.24, 2.45) is 0 Å². The second-order valence-electron chi connectivity index (χ2n) is 4.59. The van der Waals surface area contributed by atoms with E-state index < -0.39 is 0 Å². The molecule has 108 valence electrons. The van der Waals surface area contributed by atoms with Gasteiger partial charge < -0.3 is 10.1 Å². The van der Waals surface area contributed by atoms with E-state index in [2.05, 4.69) is 35.8 Å². The summed E-state index contributed by atoms with van der Waals surface area (Å²) >= 11 is 1.73. The summed E-state index contributed by atoms with van der Waals surface area (Å²) in [6.45, 7) is 5.84. The van der Waals surface area contributed by atoms with Crippen molar-refractivity contribution in [3.05, 3.63) is 34.2 Å². The van der Waals surface area contributed by atoms with E-state index in [1.54, 1.807) is 11.3 Å². The SMILES string of the molecule is CCOc1ccc(-c2csc(CCNC)n2)cc1CC. The molecule has 1 aromatic heterocycles. The summed E-state index contributed by atoms with van der Waals surface area (Å²) in [4.78, 5) is 4.71. The molecule has 4 heteroatoms. The molecule has 2 rings (SSSR count). The highest BCUT2D eigenvalue weighted by Crippen LogP contribution is 2.28. The largest absolute Gasteiger partial charge is 0.494 e. The molecule has 3 nitrogen and oxygen atoms in total. The van der Waals surface area contributed by atoms with Crippen molar-refractivity contribution in [3.8, 4) is 17.0 Å². The third-order valence-corrected chi connectivity index (χ3v) is 4.09. The Morgan fingerprint density at radius 2 is 2.15 bits per heavy atom. The second kappa shape index (κ2) is 7.41. The highest BCUT2D eigenvalue weighted by Gasteiger charge is 2.08.